The number of imidazole rings is 1. The monoisotopic (exact) mass is 214 g/mol. The Morgan fingerprint density at radius 2 is 1.88 bits per heavy atom. The van der Waals surface area contributed by atoms with Gasteiger partial charge in [-0.3, -0.25) is 0 Å². The van der Waals surface area contributed by atoms with E-state index in [4.69, 9.17) is 0 Å². The summed E-state index contributed by atoms with van der Waals surface area (Å²) < 4.78 is 0. The van der Waals surface area contributed by atoms with Crippen LogP contribution in [0, 0.1) is 20.8 Å². The molecule has 2 rings (SSSR count). The van der Waals surface area contributed by atoms with Crippen LogP contribution in [0.15, 0.2) is 24.7 Å². The summed E-state index contributed by atoms with van der Waals surface area (Å²) in [6.45, 7) is 6.58. The van der Waals surface area contributed by atoms with Crippen LogP contribution in [0.3, 0.4) is 0 Å². The number of rotatable bonds is 3. The number of hydrogen-bond donors (Lipinski definition) is 1. The average Bonchev–Trinajstić information content (AvgIpc) is 2.78. The van der Waals surface area contributed by atoms with Gasteiger partial charge in [0.2, 0.25) is 0 Å². The second-order valence-electron chi connectivity index (χ2n) is 4.37. The highest BCUT2D eigenvalue weighted by Crippen LogP contribution is 2.18. The van der Waals surface area contributed by atoms with Crippen LogP contribution in [-0.4, -0.2) is 9.97 Å². The van der Waals surface area contributed by atoms with Gasteiger partial charge >= 0.3 is 0 Å². The van der Waals surface area contributed by atoms with Crippen molar-refractivity contribution in [1.29, 1.82) is 0 Å². The standard InChI is InChI=1S/C14H18N2/c1-10-4-5-13(12(3)11(10)2)6-7-14-8-15-9-16-14/h4-5,8-9H,6-7H2,1-3H3,(H,15,16). The number of aromatic amines is 1. The topological polar surface area (TPSA) is 28.7 Å². The number of nitrogens with zero attached hydrogens (tertiary/aromatic N) is 1. The molecule has 1 aromatic heterocycles. The Balaban J connectivity index is 2.13. The largest absolute Gasteiger partial charge is 0.348 e. The Morgan fingerprint density at radius 3 is 2.56 bits per heavy atom. The normalized spacial score (nSPS) is 10.7. The zero-order valence-electron chi connectivity index (χ0n) is 10.2. The third-order valence-corrected chi connectivity index (χ3v) is 3.39. The molecule has 0 bridgehead atoms. The third kappa shape index (κ3) is 2.16. The molecule has 0 radical (unpaired) electrons. The van der Waals surface area contributed by atoms with Gasteiger partial charge in [-0.25, -0.2) is 4.98 Å². The van der Waals surface area contributed by atoms with E-state index in [1.165, 1.54) is 27.9 Å². The zero-order valence-corrected chi connectivity index (χ0v) is 10.2. The van der Waals surface area contributed by atoms with Gasteiger partial charge in [0, 0.05) is 11.9 Å². The Morgan fingerprint density at radius 1 is 1.06 bits per heavy atom. The first kappa shape index (κ1) is 10.9. The predicted molar refractivity (Wildman–Crippen MR) is 66.6 cm³/mol. The van der Waals surface area contributed by atoms with Gasteiger partial charge in [-0.15, -0.1) is 0 Å². The summed E-state index contributed by atoms with van der Waals surface area (Å²) >= 11 is 0. The minimum absolute atomic E-state index is 1.03. The number of nitrogens with one attached hydrogen (secondary N) is 1. The molecule has 2 aromatic rings. The van der Waals surface area contributed by atoms with Gasteiger partial charge in [0.05, 0.1) is 6.33 Å². The lowest BCUT2D eigenvalue weighted by Gasteiger charge is -2.10. The molecule has 84 valence electrons. The molecule has 0 saturated heterocycles. The smallest absolute Gasteiger partial charge is 0.0921 e. The number of aromatic nitrogens is 2. The summed E-state index contributed by atoms with van der Waals surface area (Å²) in [5.41, 5.74) is 6.87. The first-order chi connectivity index (χ1) is 7.68. The van der Waals surface area contributed by atoms with Crippen LogP contribution >= 0.6 is 0 Å². The van der Waals surface area contributed by atoms with E-state index < -0.39 is 0 Å². The van der Waals surface area contributed by atoms with E-state index in [1.807, 2.05) is 6.20 Å². The van der Waals surface area contributed by atoms with Crippen LogP contribution in [0.4, 0.5) is 0 Å². The van der Waals surface area contributed by atoms with Gasteiger partial charge in [-0.05, 0) is 55.9 Å². The molecule has 2 heteroatoms. The molecule has 0 saturated carbocycles. The van der Waals surface area contributed by atoms with E-state index in [0.717, 1.165) is 12.8 Å². The quantitative estimate of drug-likeness (QED) is 0.835. The zero-order chi connectivity index (χ0) is 11.5. The molecule has 1 aromatic carbocycles. The second-order valence-corrected chi connectivity index (χ2v) is 4.37. The minimum atomic E-state index is 1.03. The van der Waals surface area contributed by atoms with E-state index >= 15 is 0 Å². The summed E-state index contributed by atoms with van der Waals surface area (Å²) in [5, 5.41) is 0. The second kappa shape index (κ2) is 4.52. The van der Waals surface area contributed by atoms with Crippen molar-refractivity contribution in [2.45, 2.75) is 33.6 Å². The molecule has 2 nitrogen and oxygen atoms in total. The molecule has 0 aliphatic rings. The van der Waals surface area contributed by atoms with Crippen LogP contribution < -0.4 is 0 Å². The van der Waals surface area contributed by atoms with Crippen molar-refractivity contribution in [3.8, 4) is 0 Å². The Hall–Kier alpha value is -1.57. The fraction of sp³-hybridized carbons (Fsp3) is 0.357. The summed E-state index contributed by atoms with van der Waals surface area (Å²) in [6, 6.07) is 4.46. The van der Waals surface area contributed by atoms with Gasteiger partial charge in [0.25, 0.3) is 0 Å². The molecule has 0 unspecified atom stereocenters. The molecule has 0 atom stereocenters. The highest BCUT2D eigenvalue weighted by Gasteiger charge is 2.04. The molecule has 0 amide bonds. The summed E-state index contributed by atoms with van der Waals surface area (Å²) in [6.07, 6.45) is 5.75. The average molecular weight is 214 g/mol. The van der Waals surface area contributed by atoms with E-state index in [2.05, 4.69) is 42.9 Å². The fourth-order valence-corrected chi connectivity index (χ4v) is 1.97. The fourth-order valence-electron chi connectivity index (χ4n) is 1.97. The number of H-pyrrole nitrogens is 1. The molecular formula is C14H18N2. The maximum absolute atomic E-state index is 4.03. The first-order valence-electron chi connectivity index (χ1n) is 5.71. The molecular weight excluding hydrogens is 196 g/mol. The SMILES string of the molecule is Cc1ccc(CCc2cnc[nH]2)c(C)c1C. The predicted octanol–water partition coefficient (Wildman–Crippen LogP) is 3.12. The molecule has 0 spiro atoms. The molecule has 0 fully saturated rings. The van der Waals surface area contributed by atoms with Gasteiger partial charge < -0.3 is 4.98 Å². The van der Waals surface area contributed by atoms with Crippen LogP contribution in [0.1, 0.15) is 27.9 Å². The summed E-state index contributed by atoms with van der Waals surface area (Å²) in [5.74, 6) is 0. The van der Waals surface area contributed by atoms with Gasteiger partial charge in [-0.2, -0.15) is 0 Å². The lowest BCUT2D eigenvalue weighted by atomic mass is 9.96. The van der Waals surface area contributed by atoms with Crippen molar-refractivity contribution in [1.82, 2.24) is 9.97 Å². The number of aryl methyl sites for hydroxylation is 3. The third-order valence-electron chi connectivity index (χ3n) is 3.39. The molecule has 16 heavy (non-hydrogen) atoms. The van der Waals surface area contributed by atoms with Crippen molar-refractivity contribution in [3.05, 3.63) is 52.6 Å². The van der Waals surface area contributed by atoms with Gasteiger partial charge in [-0.1, -0.05) is 12.1 Å². The molecule has 0 aliphatic carbocycles. The van der Waals surface area contributed by atoms with Crippen LogP contribution in [0.2, 0.25) is 0 Å². The van der Waals surface area contributed by atoms with Crippen LogP contribution in [0.25, 0.3) is 0 Å². The van der Waals surface area contributed by atoms with Crippen molar-refractivity contribution in [2.75, 3.05) is 0 Å². The number of benzene rings is 1. The van der Waals surface area contributed by atoms with Crippen molar-refractivity contribution in [3.63, 3.8) is 0 Å². The van der Waals surface area contributed by atoms with Gasteiger partial charge in [0.1, 0.15) is 0 Å². The van der Waals surface area contributed by atoms with Gasteiger partial charge in [0.15, 0.2) is 0 Å². The maximum Gasteiger partial charge on any atom is 0.0921 e. The molecule has 0 aliphatic heterocycles. The Kier molecular flexibility index (Phi) is 3.09. The van der Waals surface area contributed by atoms with E-state index in [-0.39, 0.29) is 0 Å². The molecule has 1 N–H and O–H groups in total. The van der Waals surface area contributed by atoms with E-state index in [0.29, 0.717) is 0 Å². The lowest BCUT2D eigenvalue weighted by molar-refractivity contribution is 0.913. The van der Waals surface area contributed by atoms with Crippen molar-refractivity contribution in [2.24, 2.45) is 0 Å². The summed E-state index contributed by atoms with van der Waals surface area (Å²) in [4.78, 5) is 7.17. The number of hydrogen-bond acceptors (Lipinski definition) is 1. The molecule has 1 heterocycles. The lowest BCUT2D eigenvalue weighted by Crippen LogP contribution is -1.97. The maximum atomic E-state index is 4.03. The Labute approximate surface area is 96.7 Å². The van der Waals surface area contributed by atoms with E-state index in [1.54, 1.807) is 6.33 Å². The van der Waals surface area contributed by atoms with E-state index in [9.17, 15) is 0 Å². The first-order valence-corrected chi connectivity index (χ1v) is 5.71. The van der Waals surface area contributed by atoms with Crippen molar-refractivity contribution >= 4 is 0 Å². The minimum Gasteiger partial charge on any atom is -0.348 e. The highest BCUT2D eigenvalue weighted by atomic mass is 14.9. The van der Waals surface area contributed by atoms with Crippen molar-refractivity contribution < 1.29 is 0 Å². The van der Waals surface area contributed by atoms with Crippen LogP contribution in [-0.2, 0) is 12.8 Å². The highest BCUT2D eigenvalue weighted by molar-refractivity contribution is 5.38. The van der Waals surface area contributed by atoms with Crippen LogP contribution in [0.5, 0.6) is 0 Å². The summed E-state index contributed by atoms with van der Waals surface area (Å²) in [7, 11) is 0. The Bertz CT molecular complexity index is 470.